The molecule has 0 aromatic heterocycles. The van der Waals surface area contributed by atoms with E-state index in [1.54, 1.807) is 24.3 Å². The van der Waals surface area contributed by atoms with Crippen molar-refractivity contribution >= 4 is 16.6 Å². The third-order valence-corrected chi connectivity index (χ3v) is 4.51. The summed E-state index contributed by atoms with van der Waals surface area (Å²) in [5, 5.41) is 31.7. The van der Waals surface area contributed by atoms with Crippen molar-refractivity contribution in [1.82, 2.24) is 0 Å². The van der Waals surface area contributed by atoms with Gasteiger partial charge >= 0.3 is 0 Å². The minimum Gasteiger partial charge on any atom is -0.508 e. The molecule has 5 nitrogen and oxygen atoms in total. The molecular weight excluding hydrogens is 320 g/mol. The van der Waals surface area contributed by atoms with E-state index in [-0.39, 0.29) is 47.0 Å². The molecule has 126 valence electrons. The number of carbonyl (C=O) groups excluding carboxylic acids is 1. The van der Waals surface area contributed by atoms with Gasteiger partial charge in [-0.05, 0) is 36.1 Å². The summed E-state index contributed by atoms with van der Waals surface area (Å²) in [6, 6.07) is 13.4. The molecular formula is C20H16O5. The summed E-state index contributed by atoms with van der Waals surface area (Å²) in [5.41, 5.74) is 0.407. The fourth-order valence-corrected chi connectivity index (χ4v) is 3.33. The average molecular weight is 336 g/mol. The molecule has 25 heavy (non-hydrogen) atoms. The molecule has 0 saturated heterocycles. The molecule has 3 aromatic carbocycles. The normalized spacial score (nSPS) is 16.7. The average Bonchev–Trinajstić information content (AvgIpc) is 2.60. The van der Waals surface area contributed by atoms with Crippen LogP contribution in [-0.4, -0.2) is 21.1 Å². The second-order valence-corrected chi connectivity index (χ2v) is 6.08. The molecule has 1 aliphatic rings. The Morgan fingerprint density at radius 1 is 0.920 bits per heavy atom. The number of hydrogen-bond donors (Lipinski definition) is 3. The first-order valence-electron chi connectivity index (χ1n) is 8.02. The van der Waals surface area contributed by atoms with Crippen molar-refractivity contribution in [3.63, 3.8) is 0 Å². The fourth-order valence-electron chi connectivity index (χ4n) is 3.33. The van der Waals surface area contributed by atoms with Crippen LogP contribution in [0.1, 0.15) is 34.9 Å². The van der Waals surface area contributed by atoms with E-state index in [0.717, 1.165) is 5.39 Å². The lowest BCUT2D eigenvalue weighted by Crippen LogP contribution is -2.16. The number of carbonyl (C=O) groups is 1. The largest absolute Gasteiger partial charge is 0.508 e. The summed E-state index contributed by atoms with van der Waals surface area (Å²) >= 11 is 0. The van der Waals surface area contributed by atoms with E-state index in [2.05, 4.69) is 0 Å². The Hall–Kier alpha value is -3.05. The van der Waals surface area contributed by atoms with E-state index in [1.165, 1.54) is 12.1 Å². The van der Waals surface area contributed by atoms with Gasteiger partial charge in [-0.1, -0.05) is 24.3 Å². The fraction of sp³-hybridized carbons (Fsp3) is 0.150. The number of benzene rings is 3. The molecule has 0 spiro atoms. The predicted molar refractivity (Wildman–Crippen MR) is 92.3 cm³/mol. The van der Waals surface area contributed by atoms with Gasteiger partial charge in [0, 0.05) is 12.0 Å². The minimum absolute atomic E-state index is 0.0760. The van der Waals surface area contributed by atoms with E-state index in [4.69, 9.17) is 4.74 Å². The molecule has 0 aliphatic heterocycles. The first-order chi connectivity index (χ1) is 12.1. The van der Waals surface area contributed by atoms with Crippen LogP contribution in [-0.2, 0) is 0 Å². The topological polar surface area (TPSA) is 87.0 Å². The number of aliphatic hydroxyl groups is 1. The molecule has 1 atom stereocenters. The van der Waals surface area contributed by atoms with Crippen LogP contribution in [0.2, 0.25) is 0 Å². The summed E-state index contributed by atoms with van der Waals surface area (Å²) in [6.45, 7) is 0. The third-order valence-electron chi connectivity index (χ3n) is 4.51. The Labute approximate surface area is 143 Å². The van der Waals surface area contributed by atoms with Crippen LogP contribution in [0, 0.1) is 0 Å². The van der Waals surface area contributed by atoms with Gasteiger partial charge in [-0.3, -0.25) is 4.79 Å². The highest BCUT2D eigenvalue weighted by Gasteiger charge is 2.30. The number of ether oxygens (including phenoxy) is 1. The van der Waals surface area contributed by atoms with Crippen LogP contribution in [0.25, 0.3) is 10.8 Å². The lowest BCUT2D eigenvalue weighted by Gasteiger charge is -2.23. The number of aliphatic hydroxyl groups excluding tert-OH is 1. The summed E-state index contributed by atoms with van der Waals surface area (Å²) in [5.74, 6) is 0.426. The molecule has 0 bridgehead atoms. The van der Waals surface area contributed by atoms with Gasteiger partial charge in [-0.25, -0.2) is 0 Å². The number of phenols is 2. The van der Waals surface area contributed by atoms with Crippen molar-refractivity contribution in [3.8, 4) is 23.0 Å². The number of Topliss-reactive ketones (excluding diaryl/α,β-unsaturated/α-hetero) is 1. The van der Waals surface area contributed by atoms with Crippen LogP contribution >= 0.6 is 0 Å². The summed E-state index contributed by atoms with van der Waals surface area (Å²) in [6.07, 6.45) is -0.440. The van der Waals surface area contributed by atoms with Gasteiger partial charge in [0.1, 0.15) is 23.0 Å². The highest BCUT2D eigenvalue weighted by molar-refractivity contribution is 6.02. The molecule has 3 aromatic rings. The quantitative estimate of drug-likeness (QED) is 0.657. The van der Waals surface area contributed by atoms with Gasteiger partial charge in [0.2, 0.25) is 0 Å². The van der Waals surface area contributed by atoms with Gasteiger partial charge in [-0.15, -0.1) is 0 Å². The Kier molecular flexibility index (Phi) is 3.58. The predicted octanol–water partition coefficient (Wildman–Crippen LogP) is 4.05. The van der Waals surface area contributed by atoms with E-state index < -0.39 is 6.10 Å². The number of aromatic hydroxyl groups is 2. The van der Waals surface area contributed by atoms with E-state index in [9.17, 15) is 20.1 Å². The molecule has 0 fully saturated rings. The zero-order chi connectivity index (χ0) is 17.6. The molecule has 3 N–H and O–H groups in total. The molecule has 0 saturated carbocycles. The van der Waals surface area contributed by atoms with Crippen molar-refractivity contribution < 1.29 is 24.9 Å². The van der Waals surface area contributed by atoms with Crippen molar-refractivity contribution in [3.05, 3.63) is 59.7 Å². The first-order valence-corrected chi connectivity index (χ1v) is 8.02. The Morgan fingerprint density at radius 2 is 1.68 bits per heavy atom. The number of phenolic OH excluding ortho intramolecular Hbond substituents is 2. The highest BCUT2D eigenvalue weighted by Crippen LogP contribution is 2.43. The maximum absolute atomic E-state index is 12.4. The lowest BCUT2D eigenvalue weighted by atomic mass is 9.87. The van der Waals surface area contributed by atoms with Gasteiger partial charge in [0.05, 0.1) is 17.1 Å². The number of ketones is 1. The van der Waals surface area contributed by atoms with Crippen molar-refractivity contribution in [2.75, 3.05) is 0 Å². The number of hydrogen-bond acceptors (Lipinski definition) is 5. The SMILES string of the molecule is O=C1CC[C@@H](O)c2c(O)ccc(Oc3cccc4cccc(O)c34)c21. The zero-order valence-electron chi connectivity index (χ0n) is 13.3. The van der Waals surface area contributed by atoms with E-state index in [0.29, 0.717) is 11.1 Å². The second kappa shape index (κ2) is 5.79. The molecule has 5 heteroatoms. The standard InChI is InChI=1S/C20H16O5/c21-12-5-1-3-11-4-2-6-16(18(11)12)25-17-10-9-14(23)19-13(22)7-8-15(24)20(17)19/h1-6,9-10,13,21-23H,7-8H2/t13-/m1/s1. The Morgan fingerprint density at radius 3 is 2.48 bits per heavy atom. The molecule has 4 rings (SSSR count). The molecule has 0 amide bonds. The zero-order valence-corrected chi connectivity index (χ0v) is 13.3. The Bertz CT molecular complexity index is 988. The molecule has 1 aliphatic carbocycles. The lowest BCUT2D eigenvalue weighted by molar-refractivity contribution is 0.0888. The first kappa shape index (κ1) is 15.5. The number of fused-ring (bicyclic) bond motifs is 2. The third kappa shape index (κ3) is 2.49. The van der Waals surface area contributed by atoms with Gasteiger partial charge in [-0.2, -0.15) is 0 Å². The van der Waals surface area contributed by atoms with E-state index in [1.807, 2.05) is 12.1 Å². The van der Waals surface area contributed by atoms with Crippen molar-refractivity contribution in [1.29, 1.82) is 0 Å². The van der Waals surface area contributed by atoms with Gasteiger partial charge in [0.25, 0.3) is 0 Å². The van der Waals surface area contributed by atoms with Gasteiger partial charge < -0.3 is 20.1 Å². The summed E-state index contributed by atoms with van der Waals surface area (Å²) in [7, 11) is 0. The summed E-state index contributed by atoms with van der Waals surface area (Å²) in [4.78, 5) is 12.4. The van der Waals surface area contributed by atoms with Crippen molar-refractivity contribution in [2.24, 2.45) is 0 Å². The minimum atomic E-state index is -0.905. The van der Waals surface area contributed by atoms with Crippen molar-refractivity contribution in [2.45, 2.75) is 18.9 Å². The molecule has 0 radical (unpaired) electrons. The smallest absolute Gasteiger partial charge is 0.167 e. The van der Waals surface area contributed by atoms with E-state index >= 15 is 0 Å². The number of rotatable bonds is 2. The maximum atomic E-state index is 12.4. The van der Waals surface area contributed by atoms with Crippen LogP contribution in [0.15, 0.2) is 48.5 Å². The molecule has 0 heterocycles. The van der Waals surface area contributed by atoms with Crippen LogP contribution in [0.4, 0.5) is 0 Å². The van der Waals surface area contributed by atoms with Crippen LogP contribution in [0.5, 0.6) is 23.0 Å². The summed E-state index contributed by atoms with van der Waals surface area (Å²) < 4.78 is 5.94. The molecule has 0 unspecified atom stereocenters. The maximum Gasteiger partial charge on any atom is 0.167 e. The Balaban J connectivity index is 1.89. The van der Waals surface area contributed by atoms with Gasteiger partial charge in [0.15, 0.2) is 5.78 Å². The second-order valence-electron chi connectivity index (χ2n) is 6.08. The monoisotopic (exact) mass is 336 g/mol. The van der Waals surface area contributed by atoms with Crippen LogP contribution in [0.3, 0.4) is 0 Å². The van der Waals surface area contributed by atoms with Crippen LogP contribution < -0.4 is 4.74 Å². The highest BCUT2D eigenvalue weighted by atomic mass is 16.5.